The van der Waals surface area contributed by atoms with E-state index in [4.69, 9.17) is 10.8 Å². The Bertz CT molecular complexity index is 155. The van der Waals surface area contributed by atoms with Crippen molar-refractivity contribution < 1.29 is 9.90 Å². The largest absolute Gasteiger partial charge is 0.481 e. The van der Waals surface area contributed by atoms with E-state index in [1.807, 2.05) is 0 Å². The number of carboxylic acids is 1. The number of aliphatic carboxylic acids is 1. The van der Waals surface area contributed by atoms with Gasteiger partial charge in [0.15, 0.2) is 0 Å². The monoisotopic (exact) mass is 172 g/mol. The molecule has 0 aromatic rings. The maximum Gasteiger partial charge on any atom is 0.306 e. The topological polar surface area (TPSA) is 66.6 Å². The highest BCUT2D eigenvalue weighted by molar-refractivity contribution is 5.67. The lowest BCUT2D eigenvalue weighted by Crippen LogP contribution is -2.45. The van der Waals surface area contributed by atoms with E-state index in [1.165, 1.54) is 6.42 Å². The van der Waals surface area contributed by atoms with Gasteiger partial charge in [-0.25, -0.2) is 0 Å². The van der Waals surface area contributed by atoms with Crippen molar-refractivity contribution in [3.05, 3.63) is 0 Å². The van der Waals surface area contributed by atoms with Gasteiger partial charge in [0, 0.05) is 0 Å². The van der Waals surface area contributed by atoms with E-state index >= 15 is 0 Å². The molecule has 0 amide bonds. The Hall–Kier alpha value is -0.610. The molecule has 0 radical (unpaired) electrons. The summed E-state index contributed by atoms with van der Waals surface area (Å²) in [5, 5.41) is 8.51. The van der Waals surface area contributed by atoms with Gasteiger partial charge in [0.2, 0.25) is 0 Å². The zero-order valence-corrected chi connectivity index (χ0v) is 7.20. The lowest BCUT2D eigenvalue weighted by Gasteiger charge is -2.31. The minimum Gasteiger partial charge on any atom is -0.481 e. The van der Waals surface area contributed by atoms with E-state index in [0.717, 1.165) is 25.9 Å². The Kier molecular flexibility index (Phi) is 3.49. The summed E-state index contributed by atoms with van der Waals surface area (Å²) < 4.78 is 0. The van der Waals surface area contributed by atoms with Crippen LogP contribution in [0.4, 0.5) is 0 Å². The highest BCUT2D eigenvalue weighted by Gasteiger charge is 2.18. The molecule has 0 bridgehead atoms. The first-order valence-corrected chi connectivity index (χ1v) is 4.41. The molecule has 0 aromatic carbocycles. The van der Waals surface area contributed by atoms with Crippen LogP contribution in [0.5, 0.6) is 0 Å². The highest BCUT2D eigenvalue weighted by Crippen LogP contribution is 2.11. The van der Waals surface area contributed by atoms with Crippen molar-refractivity contribution in [2.75, 3.05) is 13.1 Å². The normalized spacial score (nSPS) is 22.1. The van der Waals surface area contributed by atoms with Crippen LogP contribution in [0.2, 0.25) is 0 Å². The van der Waals surface area contributed by atoms with Crippen molar-refractivity contribution in [2.45, 2.75) is 31.8 Å². The molecule has 1 saturated heterocycles. The number of hydrogen-bond acceptors (Lipinski definition) is 3. The van der Waals surface area contributed by atoms with E-state index in [0.29, 0.717) is 0 Å². The summed E-state index contributed by atoms with van der Waals surface area (Å²) in [6.45, 7) is 1.91. The van der Waals surface area contributed by atoms with E-state index in [9.17, 15) is 4.79 Å². The highest BCUT2D eigenvalue weighted by atomic mass is 16.4. The standard InChI is InChI=1S/C8H16N2O2/c9-7(6-8(11)12)10-4-2-1-3-5-10/h7H,1-6,9H2,(H,11,12). The molecule has 1 unspecified atom stereocenters. The van der Waals surface area contributed by atoms with Gasteiger partial charge in [-0.2, -0.15) is 0 Å². The smallest absolute Gasteiger partial charge is 0.306 e. The molecule has 12 heavy (non-hydrogen) atoms. The van der Waals surface area contributed by atoms with Crippen LogP contribution in [-0.4, -0.2) is 35.2 Å². The molecule has 0 spiro atoms. The van der Waals surface area contributed by atoms with E-state index < -0.39 is 5.97 Å². The summed E-state index contributed by atoms with van der Waals surface area (Å²) in [5.74, 6) is -0.812. The number of nitrogens with two attached hydrogens (primary N) is 1. The SMILES string of the molecule is NC(CC(=O)O)N1CCCCC1. The van der Waals surface area contributed by atoms with Crippen LogP contribution in [0.3, 0.4) is 0 Å². The van der Waals surface area contributed by atoms with E-state index in [1.54, 1.807) is 0 Å². The number of hydrogen-bond donors (Lipinski definition) is 2. The van der Waals surface area contributed by atoms with Crippen LogP contribution in [0.1, 0.15) is 25.7 Å². The van der Waals surface area contributed by atoms with Gasteiger partial charge in [-0.15, -0.1) is 0 Å². The van der Waals surface area contributed by atoms with Gasteiger partial charge >= 0.3 is 5.97 Å². The Morgan fingerprint density at radius 2 is 2.00 bits per heavy atom. The van der Waals surface area contributed by atoms with Gasteiger partial charge in [0.05, 0.1) is 12.6 Å². The summed E-state index contributed by atoms with van der Waals surface area (Å²) in [7, 11) is 0. The molecule has 4 heteroatoms. The predicted octanol–water partition coefficient (Wildman–Crippen LogP) is 0.232. The third-order valence-corrected chi connectivity index (χ3v) is 2.24. The zero-order chi connectivity index (χ0) is 8.97. The van der Waals surface area contributed by atoms with Crippen molar-refractivity contribution in [3.8, 4) is 0 Å². The second-order valence-corrected chi connectivity index (χ2v) is 3.26. The summed E-state index contributed by atoms with van der Waals surface area (Å²) in [6, 6.07) is 0. The van der Waals surface area contributed by atoms with Gasteiger partial charge in [0.25, 0.3) is 0 Å². The molecule has 1 heterocycles. The Balaban J connectivity index is 2.29. The molecule has 1 atom stereocenters. The number of rotatable bonds is 3. The van der Waals surface area contributed by atoms with Crippen molar-refractivity contribution in [1.29, 1.82) is 0 Å². The quantitative estimate of drug-likeness (QED) is 0.639. The molecule has 4 nitrogen and oxygen atoms in total. The van der Waals surface area contributed by atoms with Gasteiger partial charge < -0.3 is 10.8 Å². The van der Waals surface area contributed by atoms with Gasteiger partial charge in [0.1, 0.15) is 0 Å². The predicted molar refractivity (Wildman–Crippen MR) is 45.7 cm³/mol. The van der Waals surface area contributed by atoms with Crippen molar-refractivity contribution in [3.63, 3.8) is 0 Å². The molecule has 1 aliphatic heterocycles. The first-order chi connectivity index (χ1) is 5.70. The summed E-state index contributed by atoms with van der Waals surface area (Å²) >= 11 is 0. The minimum absolute atomic E-state index is 0.0556. The molecular formula is C8H16N2O2. The van der Waals surface area contributed by atoms with Crippen LogP contribution in [0.25, 0.3) is 0 Å². The van der Waals surface area contributed by atoms with Gasteiger partial charge in [-0.05, 0) is 25.9 Å². The van der Waals surface area contributed by atoms with Crippen molar-refractivity contribution in [2.24, 2.45) is 5.73 Å². The Morgan fingerprint density at radius 1 is 1.42 bits per heavy atom. The first kappa shape index (κ1) is 9.48. The third-order valence-electron chi connectivity index (χ3n) is 2.24. The average Bonchev–Trinajstić information content (AvgIpc) is 2.05. The fourth-order valence-electron chi connectivity index (χ4n) is 1.56. The summed E-state index contributed by atoms with van der Waals surface area (Å²) in [5.41, 5.74) is 5.69. The van der Waals surface area contributed by atoms with Crippen LogP contribution < -0.4 is 5.73 Å². The van der Waals surface area contributed by atoms with Crippen LogP contribution >= 0.6 is 0 Å². The number of carbonyl (C=O) groups is 1. The van der Waals surface area contributed by atoms with Crippen LogP contribution in [-0.2, 0) is 4.79 Å². The molecule has 1 rings (SSSR count). The fourth-order valence-corrected chi connectivity index (χ4v) is 1.56. The molecule has 3 N–H and O–H groups in total. The number of piperidine rings is 1. The molecule has 0 aliphatic carbocycles. The van der Waals surface area contributed by atoms with Crippen molar-refractivity contribution in [1.82, 2.24) is 4.90 Å². The lowest BCUT2D eigenvalue weighted by molar-refractivity contribution is -0.138. The number of carboxylic acid groups (broad SMARTS) is 1. The summed E-state index contributed by atoms with van der Waals surface area (Å²) in [6.07, 6.45) is 3.31. The van der Waals surface area contributed by atoms with Crippen LogP contribution in [0.15, 0.2) is 0 Å². The molecule has 1 aliphatic rings. The number of nitrogens with zero attached hydrogens (tertiary/aromatic N) is 1. The molecular weight excluding hydrogens is 156 g/mol. The van der Waals surface area contributed by atoms with Crippen molar-refractivity contribution >= 4 is 5.97 Å². The maximum absolute atomic E-state index is 10.3. The Morgan fingerprint density at radius 3 is 2.50 bits per heavy atom. The third kappa shape index (κ3) is 2.79. The molecule has 1 fully saturated rings. The summed E-state index contributed by atoms with van der Waals surface area (Å²) in [4.78, 5) is 12.4. The second kappa shape index (κ2) is 4.42. The fraction of sp³-hybridized carbons (Fsp3) is 0.875. The molecule has 0 aromatic heterocycles. The lowest BCUT2D eigenvalue weighted by atomic mass is 10.1. The van der Waals surface area contributed by atoms with Crippen LogP contribution in [0, 0.1) is 0 Å². The second-order valence-electron chi connectivity index (χ2n) is 3.26. The number of likely N-dealkylation sites (tertiary alicyclic amines) is 1. The zero-order valence-electron chi connectivity index (χ0n) is 7.20. The average molecular weight is 172 g/mol. The molecule has 0 saturated carbocycles. The first-order valence-electron chi connectivity index (χ1n) is 4.41. The van der Waals surface area contributed by atoms with E-state index in [-0.39, 0.29) is 12.6 Å². The van der Waals surface area contributed by atoms with Gasteiger partial charge in [-0.1, -0.05) is 6.42 Å². The molecule has 70 valence electrons. The minimum atomic E-state index is -0.812. The van der Waals surface area contributed by atoms with E-state index in [2.05, 4.69) is 4.90 Å². The maximum atomic E-state index is 10.3. The Labute approximate surface area is 72.3 Å². The van der Waals surface area contributed by atoms with Gasteiger partial charge in [-0.3, -0.25) is 9.69 Å².